The van der Waals surface area contributed by atoms with E-state index in [4.69, 9.17) is 10.2 Å². The van der Waals surface area contributed by atoms with Gasteiger partial charge < -0.3 is 15.5 Å². The molecular formula is C17H15F2N2O2+. The molecule has 118 valence electrons. The van der Waals surface area contributed by atoms with Crippen molar-refractivity contribution in [2.45, 2.75) is 6.54 Å². The Morgan fingerprint density at radius 3 is 2.65 bits per heavy atom. The minimum atomic E-state index is -0.801. The van der Waals surface area contributed by atoms with Gasteiger partial charge in [-0.15, -0.1) is 0 Å². The summed E-state index contributed by atoms with van der Waals surface area (Å²) in [5, 5.41) is 2.29. The molecule has 3 rings (SSSR count). The normalized spacial score (nSPS) is 11.1. The third-order valence-electron chi connectivity index (χ3n) is 3.59. The Bertz CT molecular complexity index is 903. The van der Waals surface area contributed by atoms with Crippen LogP contribution in [0, 0.1) is 11.6 Å². The number of primary amides is 1. The molecule has 0 bridgehead atoms. The van der Waals surface area contributed by atoms with Gasteiger partial charge in [0.15, 0.2) is 0 Å². The van der Waals surface area contributed by atoms with Crippen LogP contribution < -0.4 is 11.1 Å². The summed E-state index contributed by atoms with van der Waals surface area (Å²) < 4.78 is 33.4. The average molecular weight is 317 g/mol. The molecular weight excluding hydrogens is 302 g/mol. The van der Waals surface area contributed by atoms with Crippen LogP contribution in [0.2, 0.25) is 0 Å². The molecule has 0 radical (unpaired) electrons. The summed E-state index contributed by atoms with van der Waals surface area (Å²) in [4.78, 5) is 11.4. The number of hydrogen-bond acceptors (Lipinski definition) is 2. The smallest absolute Gasteiger partial charge is 0.252 e. The van der Waals surface area contributed by atoms with E-state index in [0.29, 0.717) is 11.9 Å². The molecule has 6 heteroatoms. The summed E-state index contributed by atoms with van der Waals surface area (Å²) in [5.41, 5.74) is 6.41. The Kier molecular flexibility index (Phi) is 3.83. The highest BCUT2D eigenvalue weighted by atomic mass is 19.1. The lowest BCUT2D eigenvalue weighted by molar-refractivity contribution is -0.643. The van der Waals surface area contributed by atoms with E-state index in [9.17, 15) is 13.6 Å². The highest BCUT2D eigenvalue weighted by Crippen LogP contribution is 2.32. The van der Waals surface area contributed by atoms with E-state index in [2.05, 4.69) is 0 Å². The van der Waals surface area contributed by atoms with Crippen molar-refractivity contribution in [1.82, 2.24) is 0 Å². The molecule has 0 atom stereocenters. The zero-order chi connectivity index (χ0) is 16.6. The number of benzene rings is 2. The fourth-order valence-corrected chi connectivity index (χ4v) is 2.55. The van der Waals surface area contributed by atoms with E-state index < -0.39 is 17.5 Å². The average Bonchev–Trinajstić information content (AvgIpc) is 2.89. The number of quaternary nitrogens is 1. The van der Waals surface area contributed by atoms with Gasteiger partial charge >= 0.3 is 0 Å². The number of furan rings is 1. The van der Waals surface area contributed by atoms with E-state index in [1.165, 1.54) is 18.2 Å². The van der Waals surface area contributed by atoms with Crippen molar-refractivity contribution in [3.63, 3.8) is 0 Å². The number of halogens is 2. The van der Waals surface area contributed by atoms with Crippen molar-refractivity contribution in [3.05, 3.63) is 59.2 Å². The number of carbonyl (C=O) groups excluding carboxylic acids is 1. The van der Waals surface area contributed by atoms with Crippen LogP contribution in [0.25, 0.3) is 22.3 Å². The highest BCUT2D eigenvalue weighted by Gasteiger charge is 2.17. The minimum Gasteiger partial charge on any atom is -0.455 e. The fraction of sp³-hybridized carbons (Fsp3) is 0.118. The maximum Gasteiger partial charge on any atom is 0.252 e. The molecule has 2 aromatic carbocycles. The Labute approximate surface area is 130 Å². The lowest BCUT2D eigenvalue weighted by atomic mass is 10.1. The van der Waals surface area contributed by atoms with Crippen LogP contribution in [0.15, 0.2) is 40.8 Å². The van der Waals surface area contributed by atoms with Gasteiger partial charge in [0.25, 0.3) is 5.91 Å². The molecule has 0 aliphatic heterocycles. The molecule has 3 aromatic rings. The molecule has 1 aromatic heterocycles. The van der Waals surface area contributed by atoms with Crippen LogP contribution in [0.3, 0.4) is 0 Å². The summed E-state index contributed by atoms with van der Waals surface area (Å²) in [6.45, 7) is 0.661. The van der Waals surface area contributed by atoms with E-state index in [1.807, 2.05) is 12.4 Å². The van der Waals surface area contributed by atoms with E-state index in [1.54, 1.807) is 12.1 Å². The van der Waals surface area contributed by atoms with Gasteiger partial charge in [-0.3, -0.25) is 4.79 Å². The quantitative estimate of drug-likeness (QED) is 0.774. The van der Waals surface area contributed by atoms with Crippen molar-refractivity contribution < 1.29 is 23.3 Å². The fourth-order valence-electron chi connectivity index (χ4n) is 2.55. The summed E-state index contributed by atoms with van der Waals surface area (Å²) in [6, 6.07) is 8.54. The van der Waals surface area contributed by atoms with Gasteiger partial charge in [-0.25, -0.2) is 8.78 Å². The van der Waals surface area contributed by atoms with Gasteiger partial charge in [-0.2, -0.15) is 0 Å². The van der Waals surface area contributed by atoms with Crippen LogP contribution in [0.1, 0.15) is 15.9 Å². The van der Waals surface area contributed by atoms with Gasteiger partial charge in [-0.1, -0.05) is 6.07 Å². The molecule has 0 spiro atoms. The van der Waals surface area contributed by atoms with Crippen molar-refractivity contribution in [1.29, 1.82) is 0 Å². The van der Waals surface area contributed by atoms with E-state index in [0.717, 1.165) is 11.6 Å². The topological polar surface area (TPSA) is 72.8 Å². The standard InChI is InChI=1S/C17H14F2N2O2/c1-21-8-9-2-3-12(14(19)4-9)15-6-10-5-11(18)7-13(17(20)22)16(10)23-15/h2-7,21H,8H2,1H3,(H2,20,22)/p+1. The summed E-state index contributed by atoms with van der Waals surface area (Å²) >= 11 is 0. The van der Waals surface area contributed by atoms with Crippen molar-refractivity contribution in [2.75, 3.05) is 7.05 Å². The van der Waals surface area contributed by atoms with Gasteiger partial charge in [-0.05, 0) is 30.3 Å². The van der Waals surface area contributed by atoms with Crippen LogP contribution in [-0.4, -0.2) is 13.0 Å². The second kappa shape index (κ2) is 5.81. The number of hydrogen-bond donors (Lipinski definition) is 2. The molecule has 0 saturated carbocycles. The first kappa shape index (κ1) is 15.2. The predicted octanol–water partition coefficient (Wildman–Crippen LogP) is 2.17. The number of nitrogens with two attached hydrogens (primary N) is 2. The molecule has 1 amide bonds. The van der Waals surface area contributed by atoms with E-state index >= 15 is 0 Å². The van der Waals surface area contributed by atoms with Crippen LogP contribution >= 0.6 is 0 Å². The number of fused-ring (bicyclic) bond motifs is 1. The zero-order valence-corrected chi connectivity index (χ0v) is 12.4. The molecule has 4 N–H and O–H groups in total. The second-order valence-corrected chi connectivity index (χ2v) is 5.27. The van der Waals surface area contributed by atoms with Crippen LogP contribution in [0.4, 0.5) is 8.78 Å². The van der Waals surface area contributed by atoms with Crippen LogP contribution in [0.5, 0.6) is 0 Å². The third-order valence-corrected chi connectivity index (χ3v) is 3.59. The van der Waals surface area contributed by atoms with E-state index in [-0.39, 0.29) is 22.5 Å². The monoisotopic (exact) mass is 317 g/mol. The van der Waals surface area contributed by atoms with Crippen LogP contribution in [-0.2, 0) is 6.54 Å². The van der Waals surface area contributed by atoms with Gasteiger partial charge in [0.05, 0.1) is 18.2 Å². The molecule has 0 aliphatic carbocycles. The largest absolute Gasteiger partial charge is 0.455 e. The molecule has 23 heavy (non-hydrogen) atoms. The van der Waals surface area contributed by atoms with Crippen molar-refractivity contribution in [3.8, 4) is 11.3 Å². The molecule has 0 saturated heterocycles. The summed E-state index contributed by atoms with van der Waals surface area (Å²) in [5.74, 6) is -1.63. The first-order valence-corrected chi connectivity index (χ1v) is 7.09. The van der Waals surface area contributed by atoms with Gasteiger partial charge in [0.1, 0.15) is 29.5 Å². The Morgan fingerprint density at radius 2 is 2.00 bits per heavy atom. The molecule has 0 aliphatic rings. The number of amides is 1. The SMILES string of the molecule is C[NH2+]Cc1ccc(-c2cc3cc(F)cc(C(N)=O)c3o2)c(F)c1. The Morgan fingerprint density at radius 1 is 1.22 bits per heavy atom. The zero-order valence-electron chi connectivity index (χ0n) is 12.4. The molecule has 0 fully saturated rings. The lowest BCUT2D eigenvalue weighted by Gasteiger charge is -2.02. The first-order chi connectivity index (χ1) is 11.0. The summed E-state index contributed by atoms with van der Waals surface area (Å²) in [7, 11) is 1.89. The Balaban J connectivity index is 2.14. The maximum atomic E-state index is 14.3. The number of carbonyl (C=O) groups is 1. The van der Waals surface area contributed by atoms with Gasteiger partial charge in [0, 0.05) is 10.9 Å². The number of rotatable bonds is 4. The minimum absolute atomic E-state index is 0.0659. The predicted molar refractivity (Wildman–Crippen MR) is 81.6 cm³/mol. The van der Waals surface area contributed by atoms with Crippen molar-refractivity contribution in [2.24, 2.45) is 5.73 Å². The lowest BCUT2D eigenvalue weighted by Crippen LogP contribution is -2.77. The van der Waals surface area contributed by atoms with Gasteiger partial charge in [0.2, 0.25) is 0 Å². The summed E-state index contributed by atoms with van der Waals surface area (Å²) in [6.07, 6.45) is 0. The molecule has 1 heterocycles. The highest BCUT2D eigenvalue weighted by molar-refractivity contribution is 6.04. The molecule has 4 nitrogen and oxygen atoms in total. The third kappa shape index (κ3) is 2.80. The Hall–Kier alpha value is -2.73. The maximum absolute atomic E-state index is 14.3. The second-order valence-electron chi connectivity index (χ2n) is 5.27. The van der Waals surface area contributed by atoms with Crippen molar-refractivity contribution >= 4 is 16.9 Å². The first-order valence-electron chi connectivity index (χ1n) is 7.09. The molecule has 0 unspecified atom stereocenters.